The summed E-state index contributed by atoms with van der Waals surface area (Å²) in [5, 5.41) is 38.4. The molecule has 0 bridgehead atoms. The Balaban J connectivity index is 0.000000127. The van der Waals surface area contributed by atoms with E-state index in [1.54, 1.807) is 16.7 Å². The maximum absolute atomic E-state index is 12.1. The number of rotatable bonds is 8. The summed E-state index contributed by atoms with van der Waals surface area (Å²) in [7, 11) is 0. The number of carbonyl (C=O) groups is 3. The largest absolute Gasteiger partial charge is 0.480 e. The number of aliphatic carboxylic acids is 1. The predicted octanol–water partition coefficient (Wildman–Crippen LogP) is 10.9. The summed E-state index contributed by atoms with van der Waals surface area (Å²) in [6.45, 7) is 0.159. The number of anilines is 3. The molecule has 0 fully saturated rings. The first-order valence-electron chi connectivity index (χ1n) is 23.8. The molecule has 5 N–H and O–H groups in total. The van der Waals surface area contributed by atoms with Crippen LogP contribution in [0.5, 0.6) is 0 Å². The van der Waals surface area contributed by atoms with E-state index in [1.807, 2.05) is 67.0 Å². The minimum absolute atomic E-state index is 0.0103. The van der Waals surface area contributed by atoms with Gasteiger partial charge in [-0.1, -0.05) is 109 Å². The van der Waals surface area contributed by atoms with Crippen LogP contribution in [0.3, 0.4) is 0 Å². The smallest absolute Gasteiger partial charge is 0.335 e. The van der Waals surface area contributed by atoms with Gasteiger partial charge in [0.1, 0.15) is 6.04 Å². The van der Waals surface area contributed by atoms with E-state index in [4.69, 9.17) is 10.1 Å². The topological polar surface area (TPSA) is 193 Å². The van der Waals surface area contributed by atoms with Gasteiger partial charge in [0, 0.05) is 58.7 Å². The number of carbonyl (C=O) groups excluding carboxylic acids is 1. The fourth-order valence-corrected chi connectivity index (χ4v) is 10.2. The van der Waals surface area contributed by atoms with Crippen molar-refractivity contribution in [1.82, 2.24) is 9.55 Å². The van der Waals surface area contributed by atoms with E-state index in [-0.39, 0.29) is 41.6 Å². The van der Waals surface area contributed by atoms with E-state index in [2.05, 4.69) is 99.4 Å². The highest BCUT2D eigenvalue weighted by Crippen LogP contribution is 2.46. The zero-order chi connectivity index (χ0) is 49.7. The van der Waals surface area contributed by atoms with Gasteiger partial charge in [-0.3, -0.25) is 19.5 Å². The average molecular weight is 957 g/mol. The van der Waals surface area contributed by atoms with Crippen LogP contribution in [0.1, 0.15) is 63.8 Å². The van der Waals surface area contributed by atoms with Crippen LogP contribution in [0.15, 0.2) is 194 Å². The molecule has 72 heavy (non-hydrogen) atoms. The molecule has 358 valence electrons. The molecular weight excluding hydrogens is 907 g/mol. The number of imidazole rings is 1. The van der Waals surface area contributed by atoms with Gasteiger partial charge in [-0.15, -0.1) is 0 Å². The summed E-state index contributed by atoms with van der Waals surface area (Å²) in [4.78, 5) is 49.5. The molecule has 0 saturated carbocycles. The second-order valence-electron chi connectivity index (χ2n) is 18.0. The van der Waals surface area contributed by atoms with Crippen molar-refractivity contribution in [2.24, 2.45) is 5.92 Å². The molecule has 0 saturated heterocycles. The number of non-ortho nitro benzene ring substituents is 1. The van der Waals surface area contributed by atoms with Crippen LogP contribution < -0.4 is 20.5 Å². The number of para-hydroxylation sites is 2. The van der Waals surface area contributed by atoms with Crippen molar-refractivity contribution in [3.8, 4) is 11.1 Å². The highest BCUT2D eigenvalue weighted by atomic mass is 16.6. The molecule has 1 amide bonds. The number of nitro benzene ring substituents is 1. The lowest BCUT2D eigenvalue weighted by Gasteiger charge is -2.34. The molecule has 2 aromatic heterocycles. The molecule has 14 nitrogen and oxygen atoms in total. The maximum atomic E-state index is 12.1. The van der Waals surface area contributed by atoms with Crippen LogP contribution in [0, 0.1) is 16.0 Å². The first-order chi connectivity index (χ1) is 35.1. The number of carboxylic acid groups (broad SMARTS) is 2. The molecule has 4 aliphatic rings. The number of pyridine rings is 1. The molecule has 12 rings (SSSR count). The van der Waals surface area contributed by atoms with Crippen LogP contribution in [0.2, 0.25) is 0 Å². The average Bonchev–Trinajstić information content (AvgIpc) is 4.00. The first kappa shape index (κ1) is 46.6. The zero-order valence-electron chi connectivity index (χ0n) is 39.0. The van der Waals surface area contributed by atoms with Gasteiger partial charge in [0.2, 0.25) is 12.5 Å². The number of nitrogens with one attached hydrogen (secondary N) is 3. The lowest BCUT2D eigenvalue weighted by Crippen LogP contribution is -2.41. The van der Waals surface area contributed by atoms with Crippen LogP contribution in [0.25, 0.3) is 27.9 Å². The van der Waals surface area contributed by atoms with Gasteiger partial charge in [-0.2, -0.15) is 4.57 Å². The number of amides is 1. The summed E-state index contributed by atoms with van der Waals surface area (Å²) in [6, 6.07) is 52.1. The molecular formula is C58H50N7O7+. The number of hydrogen-bond donors (Lipinski definition) is 5. The van der Waals surface area contributed by atoms with Gasteiger partial charge in [-0.25, -0.2) is 14.6 Å². The summed E-state index contributed by atoms with van der Waals surface area (Å²) < 4.78 is 4.16. The second-order valence-corrected chi connectivity index (χ2v) is 18.0. The molecule has 0 spiro atoms. The van der Waals surface area contributed by atoms with E-state index in [9.17, 15) is 29.6 Å². The van der Waals surface area contributed by atoms with Crippen LogP contribution in [0.4, 0.5) is 23.0 Å². The highest BCUT2D eigenvalue weighted by molar-refractivity contribution is 5.91. The number of allylic oxidation sites excluding steroid dienone is 3. The van der Waals surface area contributed by atoms with Crippen molar-refractivity contribution in [3.05, 3.63) is 232 Å². The SMILES string of the molecule is O=C(C[n+]1ccc(-c2ccccc2)cc1)Nc1ccc([N+](=O)[O-])cc1.O=C(O)c1ccc2c(c1)C1C=CCC1C(C(=O)O)N2.c1ccc(C2C3=C(Nc4nc5ccccc5n42)c2ccccc2CCC3)cc1. The fraction of sp³-hybridized carbons (Fsp3) is 0.155. The van der Waals surface area contributed by atoms with Crippen LogP contribution in [-0.2, 0) is 22.6 Å². The predicted molar refractivity (Wildman–Crippen MR) is 276 cm³/mol. The number of benzene rings is 6. The molecule has 6 aromatic carbocycles. The summed E-state index contributed by atoms with van der Waals surface area (Å²) in [5.74, 6) is -1.17. The Morgan fingerprint density at radius 1 is 0.792 bits per heavy atom. The van der Waals surface area contributed by atoms with Crippen LogP contribution >= 0.6 is 0 Å². The summed E-state index contributed by atoms with van der Waals surface area (Å²) in [6.07, 6.45) is 11.7. The monoisotopic (exact) mass is 956 g/mol. The molecule has 2 aliphatic carbocycles. The molecule has 0 radical (unpaired) electrons. The molecule has 4 atom stereocenters. The number of carboxylic acids is 2. The summed E-state index contributed by atoms with van der Waals surface area (Å²) >= 11 is 0. The third-order valence-corrected chi connectivity index (χ3v) is 13.6. The number of nitrogens with zero attached hydrogens (tertiary/aromatic N) is 4. The zero-order valence-corrected chi connectivity index (χ0v) is 39.0. The maximum Gasteiger partial charge on any atom is 0.335 e. The lowest BCUT2D eigenvalue weighted by molar-refractivity contribution is -0.684. The van der Waals surface area contributed by atoms with Gasteiger partial charge in [0.25, 0.3) is 11.6 Å². The van der Waals surface area contributed by atoms with E-state index < -0.39 is 22.9 Å². The minimum atomic E-state index is -0.971. The molecule has 2 aliphatic heterocycles. The Morgan fingerprint density at radius 2 is 1.49 bits per heavy atom. The fourth-order valence-electron chi connectivity index (χ4n) is 10.2. The van der Waals surface area contributed by atoms with Crippen molar-refractivity contribution in [2.45, 2.75) is 50.2 Å². The Hall–Kier alpha value is -9.17. The Bertz CT molecular complexity index is 3390. The van der Waals surface area contributed by atoms with E-state index >= 15 is 0 Å². The number of hydrogen-bond acceptors (Lipinski definition) is 8. The third-order valence-electron chi connectivity index (χ3n) is 13.6. The molecule has 4 unspecified atom stereocenters. The number of nitro groups is 1. The van der Waals surface area contributed by atoms with Gasteiger partial charge < -0.3 is 26.2 Å². The number of fused-ring (bicyclic) bond motifs is 8. The highest BCUT2D eigenvalue weighted by Gasteiger charge is 2.41. The standard InChI is InChI=1S/C25H21N3.C19H15N3O3.C14H13NO4/c1-2-10-18(11-3-1)24-20-14-8-12-17-9-4-5-13-19(17)23(20)27-25-26-21-15-6-7-16-22(21)28(24)25;23-19(20-17-6-8-18(9-7-17)22(24)25)14-21-12-10-16(11-13-21)15-4-2-1-3-5-15;16-13(17)7-4-5-11-10(6-7)8-2-1-3-9(8)12(15-11)14(18)19/h1-7,9-11,13,15-16,24H,8,12,14H2,(H,26,27);1-13H,14H2;1-2,4-6,8-9,12,15H,3H2,(H,16,17)(H,18,19)/p+1. The normalized spacial score (nSPS) is 17.8. The van der Waals surface area contributed by atoms with Crippen LogP contribution in [-0.4, -0.2) is 48.6 Å². The third kappa shape index (κ3) is 9.70. The number of aromatic carboxylic acids is 1. The molecule has 8 aromatic rings. The molecule has 4 heterocycles. The Labute approximate surface area is 414 Å². The van der Waals surface area contributed by atoms with Crippen molar-refractivity contribution in [2.75, 3.05) is 16.0 Å². The van der Waals surface area contributed by atoms with Crippen molar-refractivity contribution < 1.29 is 34.1 Å². The van der Waals surface area contributed by atoms with Gasteiger partial charge >= 0.3 is 11.9 Å². The van der Waals surface area contributed by atoms with Gasteiger partial charge in [0.15, 0.2) is 12.4 Å². The van der Waals surface area contributed by atoms with Crippen molar-refractivity contribution >= 4 is 57.6 Å². The van der Waals surface area contributed by atoms with Gasteiger partial charge in [-0.05, 0) is 102 Å². The van der Waals surface area contributed by atoms with Crippen molar-refractivity contribution in [3.63, 3.8) is 0 Å². The van der Waals surface area contributed by atoms with Crippen molar-refractivity contribution in [1.29, 1.82) is 0 Å². The Kier molecular flexibility index (Phi) is 13.2. The van der Waals surface area contributed by atoms with E-state index in [0.717, 1.165) is 41.0 Å². The second kappa shape index (κ2) is 20.4. The minimum Gasteiger partial charge on any atom is -0.480 e. The quantitative estimate of drug-likeness (QED) is 0.0424. The first-order valence-corrected chi connectivity index (χ1v) is 23.8. The van der Waals surface area contributed by atoms with Gasteiger partial charge in [0.05, 0.1) is 27.6 Å². The molecule has 14 heteroatoms. The summed E-state index contributed by atoms with van der Waals surface area (Å²) in [5.41, 5.74) is 13.5. The van der Waals surface area contributed by atoms with E-state index in [0.29, 0.717) is 17.8 Å². The lowest BCUT2D eigenvalue weighted by atomic mass is 9.79. The van der Waals surface area contributed by atoms with E-state index in [1.165, 1.54) is 70.2 Å². The number of aromatic nitrogens is 3. The number of aryl methyl sites for hydroxylation is 1. The Morgan fingerprint density at radius 3 is 2.22 bits per heavy atom.